The summed E-state index contributed by atoms with van der Waals surface area (Å²) in [5, 5.41) is 10.6. The van der Waals surface area contributed by atoms with E-state index in [1.54, 1.807) is 0 Å². The third-order valence-corrected chi connectivity index (χ3v) is 4.38. The zero-order chi connectivity index (χ0) is 11.0. The molecule has 0 amide bonds. The molecule has 1 rings (SSSR count). The molecule has 1 N–H and O–H groups in total. The van der Waals surface area contributed by atoms with Gasteiger partial charge in [-0.2, -0.15) is 0 Å². The van der Waals surface area contributed by atoms with Gasteiger partial charge in [0, 0.05) is 0 Å². The minimum absolute atomic E-state index is 0.399. The van der Waals surface area contributed by atoms with Gasteiger partial charge in [0.25, 0.3) is 0 Å². The summed E-state index contributed by atoms with van der Waals surface area (Å²) in [6.45, 7) is 11.2. The second-order valence-electron chi connectivity index (χ2n) is 6.07. The lowest BCUT2D eigenvalue weighted by Gasteiger charge is -2.48. The molecule has 14 heavy (non-hydrogen) atoms. The molecule has 0 spiro atoms. The average Bonchev–Trinajstić information content (AvgIpc) is 2.10. The van der Waals surface area contributed by atoms with Crippen molar-refractivity contribution in [2.75, 3.05) is 0 Å². The van der Waals surface area contributed by atoms with Crippen molar-refractivity contribution >= 4 is 0 Å². The summed E-state index contributed by atoms with van der Waals surface area (Å²) < 4.78 is 0. The van der Waals surface area contributed by atoms with E-state index >= 15 is 0 Å². The maximum atomic E-state index is 10.6. The Hall–Kier alpha value is -0.0400. The summed E-state index contributed by atoms with van der Waals surface area (Å²) in [5.41, 5.74) is 0.0311. The van der Waals surface area contributed by atoms with E-state index in [0.717, 1.165) is 25.7 Å². The van der Waals surface area contributed by atoms with Crippen molar-refractivity contribution in [3.8, 4) is 0 Å². The van der Waals surface area contributed by atoms with E-state index in [4.69, 9.17) is 0 Å². The quantitative estimate of drug-likeness (QED) is 0.718. The van der Waals surface area contributed by atoms with E-state index < -0.39 is 5.60 Å². The second kappa shape index (κ2) is 3.84. The number of hydrogen-bond acceptors (Lipinski definition) is 1. The van der Waals surface area contributed by atoms with Crippen LogP contribution in [0.25, 0.3) is 0 Å². The predicted octanol–water partition coefficient (Wildman–Crippen LogP) is 3.61. The van der Waals surface area contributed by atoms with Gasteiger partial charge in [-0.3, -0.25) is 0 Å². The van der Waals surface area contributed by atoms with Crippen LogP contribution < -0.4 is 0 Å². The Kier molecular flexibility index (Phi) is 3.30. The molecule has 0 heterocycles. The molecule has 1 nitrogen and oxygen atoms in total. The van der Waals surface area contributed by atoms with Gasteiger partial charge >= 0.3 is 0 Å². The van der Waals surface area contributed by atoms with Crippen LogP contribution in [0.1, 0.15) is 60.3 Å². The largest absolute Gasteiger partial charge is 0.389 e. The highest BCUT2D eigenvalue weighted by Gasteiger charge is 2.44. The summed E-state index contributed by atoms with van der Waals surface area (Å²) in [6, 6.07) is 0. The van der Waals surface area contributed by atoms with Gasteiger partial charge in [-0.1, -0.05) is 41.0 Å². The Morgan fingerprint density at radius 1 is 1.36 bits per heavy atom. The molecule has 0 aromatic heterocycles. The molecular weight excluding hydrogens is 172 g/mol. The SMILES string of the molecule is CCC(C)C1(O)CCC(C)(C)CC1C. The van der Waals surface area contributed by atoms with Crippen LogP contribution in [-0.4, -0.2) is 10.7 Å². The first-order chi connectivity index (χ1) is 6.32. The van der Waals surface area contributed by atoms with Gasteiger partial charge in [-0.25, -0.2) is 0 Å². The molecule has 1 fully saturated rings. The predicted molar refractivity (Wildman–Crippen MR) is 61.2 cm³/mol. The van der Waals surface area contributed by atoms with E-state index in [9.17, 15) is 5.11 Å². The van der Waals surface area contributed by atoms with Crippen LogP contribution in [-0.2, 0) is 0 Å². The molecule has 1 aliphatic rings. The summed E-state index contributed by atoms with van der Waals surface area (Å²) in [6.07, 6.45) is 4.39. The molecule has 0 aromatic carbocycles. The van der Waals surface area contributed by atoms with E-state index in [1.807, 2.05) is 0 Å². The minimum atomic E-state index is -0.399. The van der Waals surface area contributed by atoms with Crippen molar-refractivity contribution < 1.29 is 5.11 Å². The molecule has 1 saturated carbocycles. The van der Waals surface area contributed by atoms with Gasteiger partial charge in [-0.15, -0.1) is 0 Å². The zero-order valence-electron chi connectivity index (χ0n) is 10.4. The van der Waals surface area contributed by atoms with Crippen LogP contribution in [0, 0.1) is 17.3 Å². The van der Waals surface area contributed by atoms with Crippen LogP contribution in [0.2, 0.25) is 0 Å². The fraction of sp³-hybridized carbons (Fsp3) is 1.00. The first kappa shape index (κ1) is 12.0. The smallest absolute Gasteiger partial charge is 0.0698 e. The Morgan fingerprint density at radius 3 is 2.36 bits per heavy atom. The first-order valence-corrected chi connectivity index (χ1v) is 6.04. The van der Waals surface area contributed by atoms with Gasteiger partial charge in [0.2, 0.25) is 0 Å². The van der Waals surface area contributed by atoms with Crippen LogP contribution in [0.15, 0.2) is 0 Å². The van der Waals surface area contributed by atoms with Crippen molar-refractivity contribution in [2.24, 2.45) is 17.3 Å². The molecule has 0 aromatic rings. The zero-order valence-corrected chi connectivity index (χ0v) is 10.4. The van der Waals surface area contributed by atoms with Gasteiger partial charge in [0.1, 0.15) is 0 Å². The van der Waals surface area contributed by atoms with Gasteiger partial charge in [0.05, 0.1) is 5.60 Å². The lowest BCUT2D eigenvalue weighted by Crippen LogP contribution is -2.48. The Balaban J connectivity index is 2.74. The average molecular weight is 198 g/mol. The van der Waals surface area contributed by atoms with Crippen LogP contribution in [0.5, 0.6) is 0 Å². The highest BCUT2D eigenvalue weighted by molar-refractivity contribution is 4.96. The van der Waals surface area contributed by atoms with Gasteiger partial charge in [0.15, 0.2) is 0 Å². The number of rotatable bonds is 2. The molecule has 1 heteroatoms. The molecule has 3 unspecified atom stereocenters. The lowest BCUT2D eigenvalue weighted by molar-refractivity contribution is -0.108. The maximum absolute atomic E-state index is 10.6. The fourth-order valence-corrected chi connectivity index (χ4v) is 2.98. The molecular formula is C13H26O. The molecule has 0 bridgehead atoms. The lowest BCUT2D eigenvalue weighted by atomic mass is 9.61. The summed E-state index contributed by atoms with van der Waals surface area (Å²) in [7, 11) is 0. The Labute approximate surface area is 88.9 Å². The topological polar surface area (TPSA) is 20.2 Å². The van der Waals surface area contributed by atoms with Crippen LogP contribution in [0.4, 0.5) is 0 Å². The van der Waals surface area contributed by atoms with E-state index in [-0.39, 0.29) is 0 Å². The van der Waals surface area contributed by atoms with Gasteiger partial charge < -0.3 is 5.11 Å². The van der Waals surface area contributed by atoms with E-state index in [0.29, 0.717) is 17.3 Å². The fourth-order valence-electron chi connectivity index (χ4n) is 2.98. The van der Waals surface area contributed by atoms with Crippen molar-refractivity contribution in [1.82, 2.24) is 0 Å². The summed E-state index contributed by atoms with van der Waals surface area (Å²) >= 11 is 0. The summed E-state index contributed by atoms with van der Waals surface area (Å²) in [5.74, 6) is 0.884. The third-order valence-electron chi connectivity index (χ3n) is 4.38. The maximum Gasteiger partial charge on any atom is 0.0698 e. The summed E-state index contributed by atoms with van der Waals surface area (Å²) in [4.78, 5) is 0. The molecule has 84 valence electrons. The van der Waals surface area contributed by atoms with Crippen molar-refractivity contribution in [2.45, 2.75) is 65.9 Å². The normalized spacial score (nSPS) is 39.4. The van der Waals surface area contributed by atoms with Crippen LogP contribution >= 0.6 is 0 Å². The van der Waals surface area contributed by atoms with Crippen LogP contribution in [0.3, 0.4) is 0 Å². The third kappa shape index (κ3) is 2.13. The molecule has 0 saturated heterocycles. The van der Waals surface area contributed by atoms with Crippen molar-refractivity contribution in [1.29, 1.82) is 0 Å². The van der Waals surface area contributed by atoms with E-state index in [2.05, 4.69) is 34.6 Å². The van der Waals surface area contributed by atoms with E-state index in [1.165, 1.54) is 0 Å². The standard InChI is InChI=1S/C13H26O/c1-6-10(2)13(14)8-7-12(4,5)9-11(13)3/h10-11,14H,6-9H2,1-5H3. The molecule has 3 atom stereocenters. The Bertz CT molecular complexity index is 197. The highest BCUT2D eigenvalue weighted by Crippen LogP contribution is 2.47. The second-order valence-corrected chi connectivity index (χ2v) is 6.07. The number of hydrogen-bond donors (Lipinski definition) is 1. The molecule has 0 aliphatic heterocycles. The minimum Gasteiger partial charge on any atom is -0.389 e. The van der Waals surface area contributed by atoms with Crippen molar-refractivity contribution in [3.63, 3.8) is 0 Å². The monoisotopic (exact) mass is 198 g/mol. The number of aliphatic hydroxyl groups is 1. The van der Waals surface area contributed by atoms with Crippen molar-refractivity contribution in [3.05, 3.63) is 0 Å². The molecule has 1 aliphatic carbocycles. The first-order valence-electron chi connectivity index (χ1n) is 6.04. The van der Waals surface area contributed by atoms with Gasteiger partial charge in [-0.05, 0) is 36.5 Å². The Morgan fingerprint density at radius 2 is 1.93 bits per heavy atom. The molecule has 0 radical (unpaired) electrons. The highest BCUT2D eigenvalue weighted by atomic mass is 16.3.